The molecule has 0 amide bonds. The number of fused-ring (bicyclic) bond motifs is 5. The number of likely N-dealkylation sites (N-methyl/N-ethyl adjacent to an activating group) is 1. The zero-order valence-electron chi connectivity index (χ0n) is 28.7. The van der Waals surface area contributed by atoms with E-state index < -0.39 is 0 Å². The lowest BCUT2D eigenvalue weighted by Crippen LogP contribution is -2.59. The van der Waals surface area contributed by atoms with Crippen LogP contribution in [0.2, 0.25) is 0 Å². The molecule has 0 saturated carbocycles. The van der Waals surface area contributed by atoms with Crippen molar-refractivity contribution in [2.24, 2.45) is 5.92 Å². The van der Waals surface area contributed by atoms with Gasteiger partial charge in [-0.3, -0.25) is 0 Å². The van der Waals surface area contributed by atoms with E-state index in [1.54, 1.807) is 0 Å². The first kappa shape index (κ1) is 34.3. The molecule has 6 fully saturated rings. The van der Waals surface area contributed by atoms with E-state index in [1.165, 1.54) is 90.6 Å². The molecule has 4 bridgehead atoms. The highest BCUT2D eigenvalue weighted by molar-refractivity contribution is 4.97. The van der Waals surface area contributed by atoms with Crippen LogP contribution in [0.1, 0.15) is 121 Å². The first-order chi connectivity index (χ1) is 18.5. The van der Waals surface area contributed by atoms with E-state index in [-0.39, 0.29) is 16.6 Å². The van der Waals surface area contributed by atoms with Crippen molar-refractivity contribution < 1.29 is 0 Å². The lowest BCUT2D eigenvalue weighted by molar-refractivity contribution is 0.0608. The number of nitrogens with one attached hydrogen (secondary N) is 3. The molecule has 6 heterocycles. The molecular formula is C34H70N6. The van der Waals surface area contributed by atoms with Crippen LogP contribution >= 0.6 is 0 Å². The van der Waals surface area contributed by atoms with Crippen LogP contribution in [-0.4, -0.2) is 108 Å². The summed E-state index contributed by atoms with van der Waals surface area (Å²) in [7, 11) is 2.30. The van der Waals surface area contributed by atoms with Crippen LogP contribution in [0.25, 0.3) is 0 Å². The van der Waals surface area contributed by atoms with Crippen molar-refractivity contribution in [2.75, 3.05) is 46.3 Å². The van der Waals surface area contributed by atoms with Crippen molar-refractivity contribution in [1.29, 1.82) is 0 Å². The summed E-state index contributed by atoms with van der Waals surface area (Å²) < 4.78 is 0. The maximum Gasteiger partial charge on any atom is 0.0229 e. The van der Waals surface area contributed by atoms with Gasteiger partial charge >= 0.3 is 0 Å². The van der Waals surface area contributed by atoms with Gasteiger partial charge in [-0.15, -0.1) is 0 Å². The van der Waals surface area contributed by atoms with E-state index >= 15 is 0 Å². The van der Waals surface area contributed by atoms with Crippen LogP contribution in [0.15, 0.2) is 0 Å². The molecule has 0 aromatic carbocycles. The van der Waals surface area contributed by atoms with Crippen LogP contribution in [0, 0.1) is 5.92 Å². The lowest BCUT2D eigenvalue weighted by Gasteiger charge is -2.47. The largest absolute Gasteiger partial charge is 0.309 e. The smallest absolute Gasteiger partial charge is 0.0229 e. The van der Waals surface area contributed by atoms with Crippen molar-refractivity contribution in [1.82, 2.24) is 30.7 Å². The Kier molecular flexibility index (Phi) is 12.4. The summed E-state index contributed by atoms with van der Waals surface area (Å²) in [5, 5.41) is 11.2. The first-order valence-corrected chi connectivity index (χ1v) is 17.0. The number of piperidine rings is 5. The average Bonchev–Trinajstić information content (AvgIpc) is 3.03. The molecule has 4 atom stereocenters. The van der Waals surface area contributed by atoms with Gasteiger partial charge in [0.25, 0.3) is 0 Å². The van der Waals surface area contributed by atoms with Crippen molar-refractivity contribution in [3.63, 3.8) is 0 Å². The molecule has 0 aromatic heterocycles. The quantitative estimate of drug-likeness (QED) is 0.431. The number of hydrogen-bond donors (Lipinski definition) is 3. The van der Waals surface area contributed by atoms with Crippen LogP contribution in [0.4, 0.5) is 0 Å². The minimum atomic E-state index is 0.265. The van der Waals surface area contributed by atoms with Gasteiger partial charge in [0, 0.05) is 59.9 Å². The second-order valence-corrected chi connectivity index (χ2v) is 16.9. The van der Waals surface area contributed by atoms with E-state index in [4.69, 9.17) is 0 Å². The molecule has 0 radical (unpaired) electrons. The maximum absolute atomic E-state index is 3.75. The minimum Gasteiger partial charge on any atom is -0.309 e. The molecule has 6 aliphatic rings. The Morgan fingerprint density at radius 2 is 1.15 bits per heavy atom. The second-order valence-electron chi connectivity index (χ2n) is 16.9. The first-order valence-electron chi connectivity index (χ1n) is 17.0. The summed E-state index contributed by atoms with van der Waals surface area (Å²) in [6.07, 6.45) is 11.1. The molecule has 0 spiro atoms. The summed E-state index contributed by atoms with van der Waals surface area (Å²) in [6, 6.07) is 3.92. The Morgan fingerprint density at radius 1 is 0.625 bits per heavy atom. The van der Waals surface area contributed by atoms with Crippen LogP contribution < -0.4 is 16.0 Å². The normalized spacial score (nSPS) is 35.0. The topological polar surface area (TPSA) is 45.8 Å². The van der Waals surface area contributed by atoms with Gasteiger partial charge in [0.2, 0.25) is 0 Å². The predicted octanol–water partition coefficient (Wildman–Crippen LogP) is 5.33. The molecule has 6 nitrogen and oxygen atoms in total. The Bertz CT molecular complexity index is 709. The van der Waals surface area contributed by atoms with Gasteiger partial charge in [0.1, 0.15) is 0 Å². The number of nitrogens with zero attached hydrogens (tertiary/aromatic N) is 3. The standard InChI is InChI=1S/C12H24N2.C11H22N2.C11H24N2/c1-12(2,3)13-9-7-10-5-6-11(8-9)14(10)4;1-11(2,3)12-10-8-13-6-4-9(10)5-7-13;1-5-13-8-6-7-10(9-13)12-11(2,3)4/h9-11,13H,5-8H2,1-4H3;9-10,12H,4-8H2,1-3H3;10,12H,5-9H2,1-4H3. The minimum absolute atomic E-state index is 0.265. The highest BCUT2D eigenvalue weighted by atomic mass is 15.2. The second kappa shape index (κ2) is 14.5. The number of rotatable bonds is 4. The third kappa shape index (κ3) is 11.8. The molecule has 236 valence electrons. The van der Waals surface area contributed by atoms with E-state index in [0.29, 0.717) is 6.04 Å². The van der Waals surface area contributed by atoms with E-state index in [2.05, 4.69) is 107 Å². The van der Waals surface area contributed by atoms with Crippen LogP contribution in [0.5, 0.6) is 0 Å². The van der Waals surface area contributed by atoms with Crippen LogP contribution in [-0.2, 0) is 0 Å². The summed E-state index contributed by atoms with van der Waals surface area (Å²) in [6.45, 7) is 30.3. The fourth-order valence-corrected chi connectivity index (χ4v) is 7.90. The molecule has 0 aliphatic carbocycles. The zero-order valence-corrected chi connectivity index (χ0v) is 28.7. The maximum atomic E-state index is 3.75. The Balaban J connectivity index is 0.000000166. The highest BCUT2D eigenvalue weighted by Crippen LogP contribution is 2.34. The van der Waals surface area contributed by atoms with Gasteiger partial charge in [0.05, 0.1) is 0 Å². The van der Waals surface area contributed by atoms with Gasteiger partial charge in [-0.05, 0) is 153 Å². The third-order valence-electron chi connectivity index (χ3n) is 9.60. The van der Waals surface area contributed by atoms with E-state index in [9.17, 15) is 0 Å². The van der Waals surface area contributed by atoms with Crippen LogP contribution in [0.3, 0.4) is 0 Å². The van der Waals surface area contributed by atoms with E-state index in [0.717, 1.165) is 30.1 Å². The Morgan fingerprint density at radius 3 is 1.60 bits per heavy atom. The number of likely N-dealkylation sites (tertiary alicyclic amines) is 1. The fourth-order valence-electron chi connectivity index (χ4n) is 7.90. The average molecular weight is 563 g/mol. The SMILES string of the molecule is CC(C)(C)NC1CN2CCC1CC2.CCN1CCCC(NC(C)(C)C)C1.CN1C2CCC1CC(NC(C)(C)C)C2. The molecule has 6 rings (SSSR count). The van der Waals surface area contributed by atoms with Gasteiger partial charge in [0.15, 0.2) is 0 Å². The van der Waals surface area contributed by atoms with Gasteiger partial charge in [-0.25, -0.2) is 0 Å². The molecule has 6 saturated heterocycles. The summed E-state index contributed by atoms with van der Waals surface area (Å²) in [4.78, 5) is 7.73. The Labute approximate surface area is 250 Å². The Hall–Kier alpha value is -0.240. The van der Waals surface area contributed by atoms with Crippen molar-refractivity contribution in [3.05, 3.63) is 0 Å². The third-order valence-corrected chi connectivity index (χ3v) is 9.60. The number of hydrogen-bond acceptors (Lipinski definition) is 6. The van der Waals surface area contributed by atoms with Gasteiger partial charge in [-0.2, -0.15) is 0 Å². The predicted molar refractivity (Wildman–Crippen MR) is 174 cm³/mol. The fraction of sp³-hybridized carbons (Fsp3) is 1.00. The summed E-state index contributed by atoms with van der Waals surface area (Å²) in [5.41, 5.74) is 0.824. The van der Waals surface area contributed by atoms with E-state index in [1.807, 2.05) is 0 Å². The van der Waals surface area contributed by atoms with Gasteiger partial charge in [-0.1, -0.05) is 6.92 Å². The van der Waals surface area contributed by atoms with Crippen molar-refractivity contribution in [2.45, 2.75) is 167 Å². The monoisotopic (exact) mass is 563 g/mol. The summed E-state index contributed by atoms with van der Waals surface area (Å²) >= 11 is 0. The summed E-state index contributed by atoms with van der Waals surface area (Å²) in [5.74, 6) is 0.948. The molecule has 40 heavy (non-hydrogen) atoms. The van der Waals surface area contributed by atoms with Crippen molar-refractivity contribution in [3.8, 4) is 0 Å². The van der Waals surface area contributed by atoms with Crippen molar-refractivity contribution >= 4 is 0 Å². The molecular weight excluding hydrogens is 492 g/mol. The molecule has 6 aliphatic heterocycles. The zero-order chi connectivity index (χ0) is 29.7. The molecule has 4 unspecified atom stereocenters. The van der Waals surface area contributed by atoms with Gasteiger partial charge < -0.3 is 30.7 Å². The molecule has 0 aromatic rings. The lowest BCUT2D eigenvalue weighted by atomic mass is 9.83. The highest BCUT2D eigenvalue weighted by Gasteiger charge is 2.39. The molecule has 3 N–H and O–H groups in total. The molecule has 6 heteroatoms.